The maximum atomic E-state index is 10.4. The van der Waals surface area contributed by atoms with Gasteiger partial charge in [0.2, 0.25) is 5.16 Å². The molecule has 0 saturated carbocycles. The smallest absolute Gasteiger partial charge is 0.282 e. The van der Waals surface area contributed by atoms with Crippen molar-refractivity contribution in [3.8, 4) is 0 Å². The van der Waals surface area contributed by atoms with Gasteiger partial charge < -0.3 is 0 Å². The lowest BCUT2D eigenvalue weighted by atomic mass is 10.4. The number of tetrazole rings is 1. The van der Waals surface area contributed by atoms with Crippen LogP contribution in [0.15, 0.2) is 40.4 Å². The molecule has 2 rings (SSSR count). The number of nitrogens with zero attached hydrogens (tertiary/aromatic N) is 3. The predicted molar refractivity (Wildman–Crippen MR) is 57.7 cm³/mol. The predicted octanol–water partition coefficient (Wildman–Crippen LogP) is 0.422. The summed E-state index contributed by atoms with van der Waals surface area (Å²) in [6.45, 7) is 0. The van der Waals surface area contributed by atoms with Gasteiger partial charge in [-0.2, -0.15) is 8.42 Å². The van der Waals surface area contributed by atoms with Gasteiger partial charge in [-0.15, -0.1) is 17.7 Å². The molecular formula is C7H8N4O3S2. The third-order valence-corrected chi connectivity index (χ3v) is 2.43. The number of hydrogen-bond donors (Lipinski definition) is 3. The fourth-order valence-electron chi connectivity index (χ4n) is 0.747. The van der Waals surface area contributed by atoms with Crippen LogP contribution in [0, 0.1) is 0 Å². The molecule has 2 N–H and O–H groups in total. The Kier molecular flexibility index (Phi) is 4.40. The van der Waals surface area contributed by atoms with Crippen LogP contribution in [0.4, 0.5) is 0 Å². The quantitative estimate of drug-likeness (QED) is 0.506. The van der Waals surface area contributed by atoms with Crippen molar-refractivity contribution in [2.75, 3.05) is 0 Å². The van der Waals surface area contributed by atoms with Crippen molar-refractivity contribution in [1.82, 2.24) is 20.6 Å². The van der Waals surface area contributed by atoms with Crippen molar-refractivity contribution >= 4 is 22.7 Å². The van der Waals surface area contributed by atoms with E-state index in [-0.39, 0.29) is 4.90 Å². The monoisotopic (exact) mass is 260 g/mol. The molecule has 1 aromatic heterocycles. The van der Waals surface area contributed by atoms with Crippen molar-refractivity contribution in [1.29, 1.82) is 0 Å². The van der Waals surface area contributed by atoms with E-state index in [0.29, 0.717) is 5.16 Å². The van der Waals surface area contributed by atoms with Crippen LogP contribution in [-0.4, -0.2) is 33.6 Å². The minimum Gasteiger partial charge on any atom is -0.282 e. The second kappa shape index (κ2) is 5.58. The van der Waals surface area contributed by atoms with Crippen molar-refractivity contribution in [3.63, 3.8) is 0 Å². The van der Waals surface area contributed by atoms with Crippen LogP contribution < -0.4 is 0 Å². The first-order valence-corrected chi connectivity index (χ1v) is 5.84. The van der Waals surface area contributed by atoms with Gasteiger partial charge in [-0.1, -0.05) is 18.2 Å². The molecule has 0 unspecified atom stereocenters. The summed E-state index contributed by atoms with van der Waals surface area (Å²) in [6, 6.07) is 7.42. The molecule has 0 aliphatic heterocycles. The van der Waals surface area contributed by atoms with Crippen LogP contribution in [0.5, 0.6) is 0 Å². The minimum absolute atomic E-state index is 0.0741. The number of rotatable bonds is 1. The van der Waals surface area contributed by atoms with Gasteiger partial charge in [0, 0.05) is 0 Å². The number of aromatic amines is 1. The summed E-state index contributed by atoms with van der Waals surface area (Å²) in [5.41, 5.74) is 0. The first kappa shape index (κ1) is 12.6. The zero-order valence-electron chi connectivity index (χ0n) is 7.85. The molecule has 0 fully saturated rings. The molecule has 7 nitrogen and oxygen atoms in total. The molecule has 16 heavy (non-hydrogen) atoms. The lowest BCUT2D eigenvalue weighted by Gasteiger charge is -1.92. The van der Waals surface area contributed by atoms with E-state index in [0.717, 1.165) is 0 Å². The molecule has 1 heterocycles. The molecule has 0 atom stereocenters. The Morgan fingerprint density at radius 3 is 2.12 bits per heavy atom. The lowest BCUT2D eigenvalue weighted by molar-refractivity contribution is 0.483. The van der Waals surface area contributed by atoms with Gasteiger partial charge in [0.25, 0.3) is 10.1 Å². The van der Waals surface area contributed by atoms with E-state index >= 15 is 0 Å². The zero-order chi connectivity index (χ0) is 12.0. The van der Waals surface area contributed by atoms with Gasteiger partial charge in [0.05, 0.1) is 4.90 Å². The number of aromatic nitrogens is 4. The third kappa shape index (κ3) is 4.38. The fraction of sp³-hybridized carbons (Fsp3) is 0. The minimum atomic E-state index is -4.00. The van der Waals surface area contributed by atoms with Crippen molar-refractivity contribution in [2.24, 2.45) is 0 Å². The summed E-state index contributed by atoms with van der Waals surface area (Å²) in [4.78, 5) is -0.0741. The standard InChI is InChI=1S/C6H6O3S.CH2N4S/c7-10(8,9)6-4-2-1-3-5-6;6-1-2-4-5-3-1/h1-5H,(H,7,8,9);(H2,2,3,4,5,6). The Labute approximate surface area is 97.1 Å². The highest BCUT2D eigenvalue weighted by Gasteiger charge is 2.05. The zero-order valence-corrected chi connectivity index (χ0v) is 9.56. The first-order valence-electron chi connectivity index (χ1n) is 3.95. The van der Waals surface area contributed by atoms with Crippen molar-refractivity contribution < 1.29 is 13.0 Å². The van der Waals surface area contributed by atoms with E-state index in [9.17, 15) is 8.42 Å². The topological polar surface area (TPSA) is 109 Å². The van der Waals surface area contributed by atoms with Crippen LogP contribution >= 0.6 is 12.6 Å². The molecule has 0 aliphatic rings. The number of nitrogens with one attached hydrogen (secondary N) is 1. The Balaban J connectivity index is 0.000000181. The van der Waals surface area contributed by atoms with Crippen LogP contribution in [0.2, 0.25) is 0 Å². The maximum Gasteiger partial charge on any atom is 0.294 e. The maximum absolute atomic E-state index is 10.4. The van der Waals surface area contributed by atoms with Gasteiger partial charge in [-0.3, -0.25) is 4.55 Å². The van der Waals surface area contributed by atoms with Gasteiger partial charge in [-0.25, -0.2) is 5.10 Å². The molecule has 0 aliphatic carbocycles. The van der Waals surface area contributed by atoms with Crippen LogP contribution in [0.25, 0.3) is 0 Å². The summed E-state index contributed by atoms with van der Waals surface area (Å²) >= 11 is 3.74. The molecular weight excluding hydrogens is 252 g/mol. The summed E-state index contributed by atoms with van der Waals surface area (Å²) in [5.74, 6) is 0. The molecule has 0 spiro atoms. The summed E-state index contributed by atoms with van der Waals surface area (Å²) in [5, 5.41) is 12.6. The van der Waals surface area contributed by atoms with Crippen LogP contribution in [0.1, 0.15) is 0 Å². The molecule has 9 heteroatoms. The summed E-state index contributed by atoms with van der Waals surface area (Å²) in [6.07, 6.45) is 0. The fourth-order valence-corrected chi connectivity index (χ4v) is 1.33. The van der Waals surface area contributed by atoms with Gasteiger partial charge in [0.15, 0.2) is 0 Å². The molecule has 0 radical (unpaired) electrons. The van der Waals surface area contributed by atoms with E-state index in [1.54, 1.807) is 18.2 Å². The molecule has 86 valence electrons. The second-order valence-electron chi connectivity index (χ2n) is 2.51. The van der Waals surface area contributed by atoms with Gasteiger partial charge >= 0.3 is 0 Å². The van der Waals surface area contributed by atoms with Gasteiger partial charge in [0.1, 0.15) is 0 Å². The Morgan fingerprint density at radius 2 is 1.88 bits per heavy atom. The van der Waals surface area contributed by atoms with E-state index in [1.807, 2.05) is 0 Å². The largest absolute Gasteiger partial charge is 0.294 e. The Hall–Kier alpha value is -1.45. The van der Waals surface area contributed by atoms with E-state index in [1.165, 1.54) is 12.1 Å². The highest BCUT2D eigenvalue weighted by molar-refractivity contribution is 7.85. The molecule has 0 bridgehead atoms. The first-order chi connectivity index (χ1) is 7.50. The average Bonchev–Trinajstić information content (AvgIpc) is 2.70. The summed E-state index contributed by atoms with van der Waals surface area (Å²) in [7, 11) is -4.00. The van der Waals surface area contributed by atoms with Gasteiger partial charge in [-0.05, 0) is 22.6 Å². The normalized spacial score (nSPS) is 10.4. The summed E-state index contributed by atoms with van der Waals surface area (Å²) < 4.78 is 29.2. The van der Waals surface area contributed by atoms with Crippen LogP contribution in [-0.2, 0) is 10.1 Å². The van der Waals surface area contributed by atoms with E-state index in [2.05, 4.69) is 33.3 Å². The number of hydrogen-bond acceptors (Lipinski definition) is 6. The van der Waals surface area contributed by atoms with E-state index in [4.69, 9.17) is 4.55 Å². The molecule has 2 aromatic rings. The lowest BCUT2D eigenvalue weighted by Crippen LogP contribution is -1.96. The van der Waals surface area contributed by atoms with Crippen molar-refractivity contribution in [2.45, 2.75) is 10.1 Å². The number of H-pyrrole nitrogens is 1. The van der Waals surface area contributed by atoms with Crippen LogP contribution in [0.3, 0.4) is 0 Å². The van der Waals surface area contributed by atoms with Crippen molar-refractivity contribution in [3.05, 3.63) is 30.3 Å². The third-order valence-electron chi connectivity index (χ3n) is 1.38. The molecule has 1 aromatic carbocycles. The second-order valence-corrected chi connectivity index (χ2v) is 4.36. The SMILES string of the molecule is O=S(=O)(O)c1ccccc1.Sc1nnn[nH]1. The van der Waals surface area contributed by atoms with E-state index < -0.39 is 10.1 Å². The molecule has 0 amide bonds. The average molecular weight is 260 g/mol. The Bertz CT molecular complexity index is 512. The number of thiol groups is 1. The number of benzene rings is 1. The highest BCUT2D eigenvalue weighted by atomic mass is 32.2. The highest BCUT2D eigenvalue weighted by Crippen LogP contribution is 2.05. The Morgan fingerprint density at radius 1 is 1.25 bits per heavy atom. The molecule has 0 saturated heterocycles.